The number of nitrogens with zero attached hydrogens (tertiary/aromatic N) is 3. The highest BCUT2D eigenvalue weighted by molar-refractivity contribution is 5.95. The molecule has 13 heteroatoms. The minimum Gasteiger partial charge on any atom is -0.508 e. The molecular weight excluding hydrogens is 592 g/mol. The van der Waals surface area contributed by atoms with Gasteiger partial charge in [-0.05, 0) is 47.7 Å². The Balaban J connectivity index is 1.58. The van der Waals surface area contributed by atoms with Crippen LogP contribution in [0.1, 0.15) is 52.4 Å². The fourth-order valence-electron chi connectivity index (χ4n) is 5.84. The summed E-state index contributed by atoms with van der Waals surface area (Å²) in [6, 6.07) is 5.65. The summed E-state index contributed by atoms with van der Waals surface area (Å²) in [5, 5.41) is 10.6. The third-order valence-electron chi connectivity index (χ3n) is 8.16. The summed E-state index contributed by atoms with van der Waals surface area (Å²) in [6.07, 6.45) is -9.91. The highest BCUT2D eigenvalue weighted by Gasteiger charge is 2.39. The molecule has 1 amide bonds. The van der Waals surface area contributed by atoms with Crippen molar-refractivity contribution in [1.29, 1.82) is 0 Å². The van der Waals surface area contributed by atoms with E-state index in [1.165, 1.54) is 4.90 Å². The second-order valence-corrected chi connectivity index (χ2v) is 11.7. The lowest BCUT2D eigenvalue weighted by Crippen LogP contribution is -2.57. The minimum absolute atomic E-state index is 0.0219. The van der Waals surface area contributed by atoms with Crippen LogP contribution in [0.15, 0.2) is 36.4 Å². The van der Waals surface area contributed by atoms with Gasteiger partial charge in [-0.15, -0.1) is 0 Å². The molecule has 2 aliphatic heterocycles. The van der Waals surface area contributed by atoms with E-state index in [0.717, 1.165) is 18.7 Å². The number of carbonyl (C=O) groups excluding carboxylic acids is 1. The van der Waals surface area contributed by atoms with E-state index in [1.54, 1.807) is 19.2 Å². The lowest BCUT2D eigenvalue weighted by atomic mass is 9.96. The number of ether oxygens (including phenoxy) is 2. The quantitative estimate of drug-likeness (QED) is 0.381. The van der Waals surface area contributed by atoms with E-state index in [4.69, 9.17) is 9.47 Å². The summed E-state index contributed by atoms with van der Waals surface area (Å²) in [4.78, 5) is 19.4. The third kappa shape index (κ3) is 8.64. The van der Waals surface area contributed by atoms with E-state index >= 15 is 0 Å². The standard InChI is InChI=1S/C31H39F6N3O4/c1-20(2)27-5-4-21(13-28(27)41)12-25-17-38(6-7-39-10-11-44-26(18-39)19-43-3)8-9-40(25)29(42)22-14-23(30(32,33)34)16-24(15-22)31(35,36)37/h4-5,13-16,20,25-26,41H,6-12,17-19H2,1-3H3/t25-,26+/m1/s1. The molecule has 4 rings (SSSR count). The molecule has 0 aliphatic carbocycles. The average molecular weight is 632 g/mol. The van der Waals surface area contributed by atoms with E-state index in [0.29, 0.717) is 57.1 Å². The number of phenols is 1. The zero-order valence-electron chi connectivity index (χ0n) is 25.0. The number of amides is 1. The Morgan fingerprint density at radius 1 is 0.955 bits per heavy atom. The first-order valence-electron chi connectivity index (χ1n) is 14.6. The molecular formula is C31H39F6N3O4. The molecule has 1 N–H and O–H groups in total. The number of benzene rings is 2. The van der Waals surface area contributed by atoms with Crippen molar-refractivity contribution in [2.24, 2.45) is 0 Å². The summed E-state index contributed by atoms with van der Waals surface area (Å²) in [5.74, 6) is -0.738. The molecule has 2 heterocycles. The molecule has 2 atom stereocenters. The fraction of sp³-hybridized carbons (Fsp3) is 0.581. The Hall–Kier alpha value is -2.87. The highest BCUT2D eigenvalue weighted by Crippen LogP contribution is 2.37. The number of carbonyl (C=O) groups is 1. The molecule has 2 aromatic carbocycles. The number of methoxy groups -OCH3 is 1. The van der Waals surface area contributed by atoms with Gasteiger partial charge in [0.25, 0.3) is 5.91 Å². The van der Waals surface area contributed by atoms with Gasteiger partial charge in [-0.3, -0.25) is 14.6 Å². The first-order chi connectivity index (χ1) is 20.7. The van der Waals surface area contributed by atoms with Crippen molar-refractivity contribution in [3.05, 3.63) is 64.2 Å². The van der Waals surface area contributed by atoms with Gasteiger partial charge in [-0.1, -0.05) is 26.0 Å². The number of hydrogen-bond acceptors (Lipinski definition) is 6. The first-order valence-corrected chi connectivity index (χ1v) is 14.6. The van der Waals surface area contributed by atoms with Crippen molar-refractivity contribution in [3.8, 4) is 5.75 Å². The molecule has 0 spiro atoms. The van der Waals surface area contributed by atoms with E-state index in [1.807, 2.05) is 19.9 Å². The van der Waals surface area contributed by atoms with Gasteiger partial charge >= 0.3 is 12.4 Å². The van der Waals surface area contributed by atoms with Gasteiger partial charge in [0.15, 0.2) is 0 Å². The number of piperazine rings is 1. The highest BCUT2D eigenvalue weighted by atomic mass is 19.4. The normalized spacial score (nSPS) is 20.8. The Bertz CT molecular complexity index is 1250. The van der Waals surface area contributed by atoms with Crippen LogP contribution in [0.25, 0.3) is 0 Å². The molecule has 2 saturated heterocycles. The van der Waals surface area contributed by atoms with Gasteiger partial charge < -0.3 is 19.5 Å². The summed E-state index contributed by atoms with van der Waals surface area (Å²) >= 11 is 0. The molecule has 7 nitrogen and oxygen atoms in total. The number of phenolic OH excluding ortho intramolecular Hbond substituents is 1. The van der Waals surface area contributed by atoms with Crippen LogP contribution in [0.4, 0.5) is 26.3 Å². The van der Waals surface area contributed by atoms with E-state index in [-0.39, 0.29) is 36.8 Å². The van der Waals surface area contributed by atoms with Gasteiger partial charge in [0.05, 0.1) is 30.4 Å². The van der Waals surface area contributed by atoms with Gasteiger partial charge in [-0.2, -0.15) is 26.3 Å². The monoisotopic (exact) mass is 631 g/mol. The van der Waals surface area contributed by atoms with Crippen molar-refractivity contribution in [2.75, 3.05) is 66.1 Å². The van der Waals surface area contributed by atoms with Gasteiger partial charge in [0, 0.05) is 64.5 Å². The SMILES string of the molecule is COC[C@@H]1CN(CCN2CCN(C(=O)c3cc(C(F)(F)F)cc(C(F)(F)F)c3)[C@H](Cc3ccc(C(C)C)c(O)c3)C2)CCO1. The maximum Gasteiger partial charge on any atom is 0.416 e. The van der Waals surface area contributed by atoms with Gasteiger partial charge in [0.2, 0.25) is 0 Å². The third-order valence-corrected chi connectivity index (χ3v) is 8.16. The number of aromatic hydroxyl groups is 1. The van der Waals surface area contributed by atoms with Crippen LogP contribution in [0.2, 0.25) is 0 Å². The summed E-state index contributed by atoms with van der Waals surface area (Å²) in [7, 11) is 1.61. The number of morpholine rings is 1. The van der Waals surface area contributed by atoms with Crippen LogP contribution in [-0.4, -0.2) is 104 Å². The van der Waals surface area contributed by atoms with Gasteiger partial charge in [0.1, 0.15) is 5.75 Å². The topological polar surface area (TPSA) is 65.5 Å². The summed E-state index contributed by atoms with van der Waals surface area (Å²) in [6.45, 7) is 8.62. The number of rotatable bonds is 9. The largest absolute Gasteiger partial charge is 0.508 e. The minimum atomic E-state index is -5.06. The van der Waals surface area contributed by atoms with Crippen LogP contribution in [-0.2, 0) is 28.2 Å². The van der Waals surface area contributed by atoms with E-state index < -0.39 is 41.0 Å². The fourth-order valence-corrected chi connectivity index (χ4v) is 5.84. The lowest BCUT2D eigenvalue weighted by Gasteiger charge is -2.43. The number of hydrogen-bond donors (Lipinski definition) is 1. The second-order valence-electron chi connectivity index (χ2n) is 11.7. The molecule has 2 fully saturated rings. The molecule has 0 radical (unpaired) electrons. The zero-order chi connectivity index (χ0) is 32.2. The molecule has 2 aromatic rings. The van der Waals surface area contributed by atoms with Crippen molar-refractivity contribution in [2.45, 2.75) is 50.7 Å². The smallest absolute Gasteiger partial charge is 0.416 e. The number of halogens is 6. The van der Waals surface area contributed by atoms with Crippen molar-refractivity contribution >= 4 is 5.91 Å². The Morgan fingerprint density at radius 2 is 1.59 bits per heavy atom. The molecule has 244 valence electrons. The maximum absolute atomic E-state index is 13.7. The maximum atomic E-state index is 13.7. The molecule has 0 aromatic heterocycles. The second kappa shape index (κ2) is 14.1. The molecule has 2 aliphatic rings. The Kier molecular flexibility index (Phi) is 10.9. The van der Waals surface area contributed by atoms with E-state index in [9.17, 15) is 36.2 Å². The first kappa shape index (κ1) is 34.0. The predicted molar refractivity (Wildman–Crippen MR) is 152 cm³/mol. The summed E-state index contributed by atoms with van der Waals surface area (Å²) < 4.78 is 92.2. The van der Waals surface area contributed by atoms with Crippen LogP contribution < -0.4 is 0 Å². The van der Waals surface area contributed by atoms with Gasteiger partial charge in [-0.25, -0.2) is 0 Å². The van der Waals surface area contributed by atoms with Crippen molar-refractivity contribution in [1.82, 2.24) is 14.7 Å². The van der Waals surface area contributed by atoms with Crippen LogP contribution in [0, 0.1) is 0 Å². The Morgan fingerprint density at radius 3 is 2.16 bits per heavy atom. The molecule has 0 unspecified atom stereocenters. The van der Waals surface area contributed by atoms with Crippen LogP contribution in [0.3, 0.4) is 0 Å². The van der Waals surface area contributed by atoms with E-state index in [2.05, 4.69) is 9.80 Å². The molecule has 0 saturated carbocycles. The predicted octanol–water partition coefficient (Wildman–Crippen LogP) is 5.27. The summed E-state index contributed by atoms with van der Waals surface area (Å²) in [5.41, 5.74) is -2.28. The average Bonchev–Trinajstić information content (AvgIpc) is 2.95. The Labute approximate surface area is 253 Å². The van der Waals surface area contributed by atoms with Crippen molar-refractivity contribution in [3.63, 3.8) is 0 Å². The molecule has 0 bridgehead atoms. The lowest BCUT2D eigenvalue weighted by molar-refractivity contribution is -0.143. The molecule has 44 heavy (non-hydrogen) atoms. The van der Waals surface area contributed by atoms with Crippen LogP contribution >= 0.6 is 0 Å². The van der Waals surface area contributed by atoms with Crippen molar-refractivity contribution < 1.29 is 45.7 Å². The number of alkyl halides is 6. The van der Waals surface area contributed by atoms with Crippen LogP contribution in [0.5, 0.6) is 5.75 Å². The zero-order valence-corrected chi connectivity index (χ0v) is 25.0.